The molecule has 28 heavy (non-hydrogen) atoms. The third-order valence-corrected chi connectivity index (χ3v) is 4.27. The van der Waals surface area contributed by atoms with Gasteiger partial charge in [0.2, 0.25) is 5.43 Å². The van der Waals surface area contributed by atoms with Crippen molar-refractivity contribution in [3.8, 4) is 5.75 Å². The van der Waals surface area contributed by atoms with Gasteiger partial charge in [-0.2, -0.15) is 0 Å². The van der Waals surface area contributed by atoms with Gasteiger partial charge in [0.1, 0.15) is 5.82 Å². The van der Waals surface area contributed by atoms with Gasteiger partial charge in [0.05, 0.1) is 12.1 Å². The summed E-state index contributed by atoms with van der Waals surface area (Å²) in [5.74, 6) is -1.57. The summed E-state index contributed by atoms with van der Waals surface area (Å²) in [7, 11) is 0. The van der Waals surface area contributed by atoms with Crippen LogP contribution in [0.4, 0.5) is 4.39 Å². The molecule has 2 heterocycles. The monoisotopic (exact) mass is 394 g/mol. The third kappa shape index (κ3) is 4.11. The van der Waals surface area contributed by atoms with Crippen molar-refractivity contribution in [2.24, 2.45) is 5.41 Å². The Hall–Kier alpha value is -2.22. The average molecular weight is 394 g/mol. The number of Topliss-reactive ketones (excluding diaryl/α,β-unsaturated/α-hetero) is 1. The molecule has 0 fully saturated rings. The zero-order valence-corrected chi connectivity index (χ0v) is 15.2. The van der Waals surface area contributed by atoms with E-state index in [4.69, 9.17) is 0 Å². The minimum atomic E-state index is -0.869. The zero-order chi connectivity index (χ0) is 19.9. The Morgan fingerprint density at radius 3 is 2.29 bits per heavy atom. The molecule has 0 saturated heterocycles. The first-order valence-corrected chi connectivity index (χ1v) is 8.36. The first-order valence-electron chi connectivity index (χ1n) is 8.36. The molecule has 0 atom stereocenters. The molecule has 142 valence electrons. The minimum absolute atomic E-state index is 0. The van der Waals surface area contributed by atoms with Crippen LogP contribution in [-0.2, 0) is 6.54 Å². The molecule has 0 aliphatic rings. The van der Waals surface area contributed by atoms with E-state index in [9.17, 15) is 23.9 Å². The molecule has 0 aliphatic heterocycles. The van der Waals surface area contributed by atoms with Crippen LogP contribution in [0.3, 0.4) is 0 Å². The number of halogens is 1. The van der Waals surface area contributed by atoms with Gasteiger partial charge in [-0.15, -0.1) is 0 Å². The Morgan fingerprint density at radius 1 is 1.11 bits per heavy atom. The molecular formula is C20H20FN2NaO4. The molecule has 2 aromatic heterocycles. The van der Waals surface area contributed by atoms with Crippen molar-refractivity contribution in [3.05, 3.63) is 80.4 Å². The number of aromatic hydroxyl groups is 1. The van der Waals surface area contributed by atoms with Crippen LogP contribution in [0.2, 0.25) is 0 Å². The van der Waals surface area contributed by atoms with Gasteiger partial charge < -0.3 is 14.1 Å². The van der Waals surface area contributed by atoms with E-state index in [1.54, 1.807) is 32.9 Å². The zero-order valence-electron chi connectivity index (χ0n) is 15.2. The fraction of sp³-hybridized carbons (Fsp3) is 0.250. The topological polar surface area (TPSA) is 80.8 Å². The van der Waals surface area contributed by atoms with E-state index in [-0.39, 0.29) is 53.0 Å². The molecule has 3 aromatic rings. The molecule has 0 aliphatic carbocycles. The maximum absolute atomic E-state index is 13.0. The Balaban J connectivity index is 0.00000280. The molecule has 0 saturated carbocycles. The average Bonchev–Trinajstić information content (AvgIpc) is 2.60. The van der Waals surface area contributed by atoms with Crippen LogP contribution in [0.15, 0.2) is 52.4 Å². The van der Waals surface area contributed by atoms with Crippen LogP contribution < -0.4 is 11.0 Å². The molecule has 8 heteroatoms. The van der Waals surface area contributed by atoms with E-state index in [1.165, 1.54) is 39.7 Å². The van der Waals surface area contributed by atoms with E-state index in [0.29, 0.717) is 5.56 Å². The SMILES string of the molecule is CC(C)(C)C(=O)c1cn2ccn(Cc3ccc(F)cc3)c(=O)c2c(O)c1=O.[NaH]. The normalized spacial score (nSPS) is 11.3. The first-order chi connectivity index (χ1) is 12.6. The van der Waals surface area contributed by atoms with Gasteiger partial charge in [-0.05, 0) is 17.7 Å². The van der Waals surface area contributed by atoms with Gasteiger partial charge in [0, 0.05) is 24.0 Å². The predicted molar refractivity (Wildman–Crippen MR) is 106 cm³/mol. The third-order valence-electron chi connectivity index (χ3n) is 4.27. The summed E-state index contributed by atoms with van der Waals surface area (Å²) >= 11 is 0. The van der Waals surface area contributed by atoms with E-state index in [2.05, 4.69) is 0 Å². The maximum atomic E-state index is 13.0. The number of carbonyl (C=O) groups excluding carboxylic acids is 1. The molecule has 6 nitrogen and oxygen atoms in total. The number of hydrogen-bond donors (Lipinski definition) is 1. The molecular weight excluding hydrogens is 374 g/mol. The van der Waals surface area contributed by atoms with Gasteiger partial charge in [-0.1, -0.05) is 32.9 Å². The fourth-order valence-corrected chi connectivity index (χ4v) is 2.78. The van der Waals surface area contributed by atoms with Gasteiger partial charge in [-0.25, -0.2) is 4.39 Å². The van der Waals surface area contributed by atoms with Crippen molar-refractivity contribution < 1.29 is 14.3 Å². The second kappa shape index (κ2) is 8.03. The van der Waals surface area contributed by atoms with Crippen LogP contribution >= 0.6 is 0 Å². The second-order valence-electron chi connectivity index (χ2n) is 7.41. The van der Waals surface area contributed by atoms with Gasteiger partial charge >= 0.3 is 29.6 Å². The van der Waals surface area contributed by atoms with E-state index < -0.39 is 27.9 Å². The molecule has 0 spiro atoms. The summed E-state index contributed by atoms with van der Waals surface area (Å²) in [6.45, 7) is 5.15. The van der Waals surface area contributed by atoms with Gasteiger partial charge in [0.25, 0.3) is 5.56 Å². The molecule has 0 radical (unpaired) electrons. The number of fused-ring (bicyclic) bond motifs is 1. The summed E-state index contributed by atoms with van der Waals surface area (Å²) < 4.78 is 15.6. The molecule has 0 unspecified atom stereocenters. The Kier molecular flexibility index (Phi) is 6.33. The van der Waals surface area contributed by atoms with Crippen LogP contribution in [0.5, 0.6) is 5.75 Å². The summed E-state index contributed by atoms with van der Waals surface area (Å²) in [5, 5.41) is 10.3. The quantitative estimate of drug-likeness (QED) is 0.544. The standard InChI is InChI=1S/C20H19FN2O4.Na.H/c1-20(2,3)18(26)14-11-22-8-9-23(10-12-4-6-13(21)7-5-12)19(27)15(22)17(25)16(14)24;;/h4-9,11,25H,10H2,1-3H3;;. The van der Waals surface area contributed by atoms with Crippen LogP contribution in [0, 0.1) is 11.2 Å². The molecule has 0 amide bonds. The Morgan fingerprint density at radius 2 is 1.71 bits per heavy atom. The van der Waals surface area contributed by atoms with E-state index in [1.807, 2.05) is 0 Å². The van der Waals surface area contributed by atoms with Crippen molar-refractivity contribution in [1.29, 1.82) is 0 Å². The van der Waals surface area contributed by atoms with Crippen molar-refractivity contribution >= 4 is 40.9 Å². The van der Waals surface area contributed by atoms with Gasteiger partial charge in [-0.3, -0.25) is 14.4 Å². The predicted octanol–water partition coefficient (Wildman–Crippen LogP) is 1.93. The van der Waals surface area contributed by atoms with Crippen molar-refractivity contribution in [2.75, 3.05) is 0 Å². The first kappa shape index (κ1) is 22.1. The number of benzene rings is 1. The second-order valence-corrected chi connectivity index (χ2v) is 7.41. The van der Waals surface area contributed by atoms with Gasteiger partial charge in [0.15, 0.2) is 17.0 Å². The van der Waals surface area contributed by atoms with Crippen molar-refractivity contribution in [1.82, 2.24) is 8.97 Å². The van der Waals surface area contributed by atoms with Crippen molar-refractivity contribution in [3.63, 3.8) is 0 Å². The number of nitrogens with zero attached hydrogens (tertiary/aromatic N) is 2. The summed E-state index contributed by atoms with van der Waals surface area (Å²) in [6.07, 6.45) is 4.24. The number of ketones is 1. The van der Waals surface area contributed by atoms with E-state index >= 15 is 0 Å². The Bertz CT molecular complexity index is 1160. The summed E-state index contributed by atoms with van der Waals surface area (Å²) in [5.41, 5.74) is -1.97. The van der Waals surface area contributed by atoms with Crippen LogP contribution in [0.1, 0.15) is 36.7 Å². The number of hydrogen-bond acceptors (Lipinski definition) is 4. The summed E-state index contributed by atoms with van der Waals surface area (Å²) in [4.78, 5) is 37.7. The van der Waals surface area contributed by atoms with Crippen LogP contribution in [0.25, 0.3) is 5.52 Å². The number of aromatic nitrogens is 2. The van der Waals surface area contributed by atoms with E-state index in [0.717, 1.165) is 0 Å². The number of pyridine rings is 1. The molecule has 1 N–H and O–H groups in total. The Labute approximate surface area is 182 Å². The molecule has 3 rings (SSSR count). The van der Waals surface area contributed by atoms with Crippen LogP contribution in [-0.4, -0.2) is 49.4 Å². The number of carbonyl (C=O) groups is 1. The molecule has 1 aromatic carbocycles. The number of rotatable bonds is 3. The van der Waals surface area contributed by atoms with Crippen molar-refractivity contribution in [2.45, 2.75) is 27.3 Å². The summed E-state index contributed by atoms with van der Waals surface area (Å²) in [6, 6.07) is 5.66. The fourth-order valence-electron chi connectivity index (χ4n) is 2.78. The molecule has 0 bridgehead atoms.